The molecule has 0 fully saturated rings. The third-order valence-corrected chi connectivity index (χ3v) is 8.14. The van der Waals surface area contributed by atoms with E-state index in [1.165, 1.54) is 16.8 Å². The van der Waals surface area contributed by atoms with Gasteiger partial charge in [0.1, 0.15) is 11.4 Å². The van der Waals surface area contributed by atoms with E-state index in [-0.39, 0.29) is 0 Å². The Labute approximate surface area is 236 Å². The predicted molar refractivity (Wildman–Crippen MR) is 166 cm³/mol. The maximum atomic E-state index is 6.43. The van der Waals surface area contributed by atoms with Crippen LogP contribution in [0.1, 0.15) is 81.5 Å². The van der Waals surface area contributed by atoms with E-state index in [9.17, 15) is 0 Å². The van der Waals surface area contributed by atoms with Gasteiger partial charge in [-0.3, -0.25) is 4.57 Å². The number of hydrogen-bond acceptors (Lipinski definition) is 3. The minimum absolute atomic E-state index is 0.372. The highest BCUT2D eigenvalue weighted by Crippen LogP contribution is 2.41. The van der Waals surface area contributed by atoms with Crippen LogP contribution in [0, 0.1) is 6.92 Å². The summed E-state index contributed by atoms with van der Waals surface area (Å²) in [7, 11) is 0. The Morgan fingerprint density at radius 3 is 2.08 bits per heavy atom. The summed E-state index contributed by atoms with van der Waals surface area (Å²) >= 11 is 0. The van der Waals surface area contributed by atoms with E-state index in [0.717, 1.165) is 44.7 Å². The lowest BCUT2D eigenvalue weighted by atomic mass is 9.81. The first kappa shape index (κ1) is 26.1. The minimum atomic E-state index is -0.429. The molecular formula is C36H37N3O. The minimum Gasteiger partial charge on any atom is -0.437 e. The predicted octanol–water partition coefficient (Wildman–Crippen LogP) is 9.71. The van der Waals surface area contributed by atoms with Gasteiger partial charge in [0.25, 0.3) is 0 Å². The van der Waals surface area contributed by atoms with E-state index < -0.39 is 5.41 Å². The molecule has 40 heavy (non-hydrogen) atoms. The molecule has 3 aromatic carbocycles. The van der Waals surface area contributed by atoms with Gasteiger partial charge in [0.05, 0.1) is 11.4 Å². The lowest BCUT2D eigenvalue weighted by molar-refractivity contribution is 0.591. The first-order valence-corrected chi connectivity index (χ1v) is 14.2. The summed E-state index contributed by atoms with van der Waals surface area (Å²) in [6, 6.07) is 27.8. The molecule has 0 spiro atoms. The van der Waals surface area contributed by atoms with Crippen LogP contribution in [0.2, 0.25) is 0 Å². The average molecular weight is 528 g/mol. The fraction of sp³-hybridized carbons (Fsp3) is 0.278. The number of benzene rings is 3. The first-order valence-electron chi connectivity index (χ1n) is 14.2. The third kappa shape index (κ3) is 4.23. The molecular weight excluding hydrogens is 490 g/mol. The largest absolute Gasteiger partial charge is 0.437 e. The van der Waals surface area contributed by atoms with E-state index in [0.29, 0.717) is 17.5 Å². The zero-order valence-corrected chi connectivity index (χ0v) is 24.5. The quantitative estimate of drug-likeness (QED) is 0.216. The van der Waals surface area contributed by atoms with Gasteiger partial charge in [-0.25, -0.2) is 9.97 Å². The highest BCUT2D eigenvalue weighted by Gasteiger charge is 2.32. The second kappa shape index (κ2) is 9.78. The molecule has 4 nitrogen and oxygen atoms in total. The van der Waals surface area contributed by atoms with Crippen LogP contribution in [0.15, 0.2) is 89.5 Å². The van der Waals surface area contributed by atoms with Crippen LogP contribution in [-0.2, 0) is 5.41 Å². The molecule has 0 atom stereocenters. The van der Waals surface area contributed by atoms with Crippen molar-refractivity contribution in [3.8, 4) is 17.1 Å². The Bertz CT molecular complexity index is 1810. The Hall–Kier alpha value is -4.18. The molecule has 0 bridgehead atoms. The number of aromatic nitrogens is 3. The van der Waals surface area contributed by atoms with Gasteiger partial charge in [-0.05, 0) is 55.9 Å². The zero-order chi connectivity index (χ0) is 28.2. The molecule has 4 heteroatoms. The van der Waals surface area contributed by atoms with Gasteiger partial charge < -0.3 is 4.42 Å². The van der Waals surface area contributed by atoms with Crippen molar-refractivity contribution in [2.24, 2.45) is 0 Å². The SMILES string of the molecule is Cc1ccc2c(n1)oc1c(C(C)(C)c3cn(-c4c(C(C)C)cccc4C(C)C)c(-c4ccccc4)n3)cccc12. The lowest BCUT2D eigenvalue weighted by Gasteiger charge is -2.23. The molecule has 6 rings (SSSR count). The molecule has 6 aromatic rings. The molecule has 202 valence electrons. The summed E-state index contributed by atoms with van der Waals surface area (Å²) < 4.78 is 8.77. The number of rotatable bonds is 6. The number of pyridine rings is 1. The topological polar surface area (TPSA) is 43.9 Å². The van der Waals surface area contributed by atoms with Crippen LogP contribution in [0.25, 0.3) is 39.1 Å². The third-order valence-electron chi connectivity index (χ3n) is 8.14. The van der Waals surface area contributed by atoms with Gasteiger partial charge in [0, 0.05) is 39.2 Å². The van der Waals surface area contributed by atoms with E-state index >= 15 is 0 Å². The molecule has 0 aliphatic heterocycles. The number of furan rings is 1. The summed E-state index contributed by atoms with van der Waals surface area (Å²) in [4.78, 5) is 10.1. The van der Waals surface area contributed by atoms with Crippen LogP contribution in [0.4, 0.5) is 0 Å². The van der Waals surface area contributed by atoms with Crippen molar-refractivity contribution in [1.82, 2.24) is 14.5 Å². The molecule has 0 N–H and O–H groups in total. The van der Waals surface area contributed by atoms with Gasteiger partial charge in [0.2, 0.25) is 5.71 Å². The molecule has 3 aromatic heterocycles. The van der Waals surface area contributed by atoms with Crippen molar-refractivity contribution < 1.29 is 4.42 Å². The molecule has 0 aliphatic rings. The van der Waals surface area contributed by atoms with Crippen molar-refractivity contribution in [1.29, 1.82) is 0 Å². The van der Waals surface area contributed by atoms with Crippen molar-refractivity contribution in [3.63, 3.8) is 0 Å². The molecule has 0 aliphatic carbocycles. The fourth-order valence-corrected chi connectivity index (χ4v) is 5.83. The van der Waals surface area contributed by atoms with E-state index in [1.54, 1.807) is 0 Å². The fourth-order valence-electron chi connectivity index (χ4n) is 5.83. The first-order chi connectivity index (χ1) is 19.2. The van der Waals surface area contributed by atoms with Gasteiger partial charge >= 0.3 is 0 Å². The second-order valence-electron chi connectivity index (χ2n) is 12.0. The number of hydrogen-bond donors (Lipinski definition) is 0. The van der Waals surface area contributed by atoms with Crippen LogP contribution in [0.5, 0.6) is 0 Å². The van der Waals surface area contributed by atoms with E-state index in [1.807, 2.05) is 13.0 Å². The summed E-state index contributed by atoms with van der Waals surface area (Å²) in [5.74, 6) is 1.70. The Balaban J connectivity index is 1.62. The van der Waals surface area contributed by atoms with Crippen molar-refractivity contribution in [2.45, 2.75) is 65.7 Å². The highest BCUT2D eigenvalue weighted by molar-refractivity contribution is 6.05. The maximum absolute atomic E-state index is 6.43. The molecule has 0 radical (unpaired) electrons. The van der Waals surface area contributed by atoms with Crippen LogP contribution in [-0.4, -0.2) is 14.5 Å². The number of imidazole rings is 1. The Morgan fingerprint density at radius 2 is 1.40 bits per heavy atom. The standard InChI is InChI=1S/C36H37N3O/c1-22(2)26-15-11-16-27(23(3)4)32(26)39-21-31(38-34(39)25-13-9-8-10-14-25)36(6,7)30-18-12-17-28-29-20-19-24(5)37-35(29)40-33(28)30/h8-23H,1-7H3. The summed E-state index contributed by atoms with van der Waals surface area (Å²) in [6.07, 6.45) is 2.25. The summed E-state index contributed by atoms with van der Waals surface area (Å²) in [5.41, 5.74) is 9.16. The molecule has 0 saturated carbocycles. The number of fused-ring (bicyclic) bond motifs is 3. The van der Waals surface area contributed by atoms with Crippen LogP contribution in [0.3, 0.4) is 0 Å². The maximum Gasteiger partial charge on any atom is 0.227 e. The van der Waals surface area contributed by atoms with Gasteiger partial charge in [0.15, 0.2) is 0 Å². The van der Waals surface area contributed by atoms with Crippen LogP contribution >= 0.6 is 0 Å². The zero-order valence-electron chi connectivity index (χ0n) is 24.5. The van der Waals surface area contributed by atoms with Crippen LogP contribution < -0.4 is 0 Å². The summed E-state index contributed by atoms with van der Waals surface area (Å²) in [6.45, 7) is 15.6. The Morgan fingerprint density at radius 1 is 0.725 bits per heavy atom. The van der Waals surface area contributed by atoms with Crippen molar-refractivity contribution >= 4 is 22.1 Å². The monoisotopic (exact) mass is 527 g/mol. The van der Waals surface area contributed by atoms with E-state index in [2.05, 4.69) is 130 Å². The molecule has 0 unspecified atom stereocenters. The van der Waals surface area contributed by atoms with Crippen molar-refractivity contribution in [2.75, 3.05) is 0 Å². The van der Waals surface area contributed by atoms with E-state index in [4.69, 9.17) is 9.40 Å². The Kier molecular flexibility index (Phi) is 6.37. The second-order valence-corrected chi connectivity index (χ2v) is 12.0. The summed E-state index contributed by atoms with van der Waals surface area (Å²) in [5, 5.41) is 2.13. The van der Waals surface area contributed by atoms with Crippen molar-refractivity contribution in [3.05, 3.63) is 113 Å². The lowest BCUT2D eigenvalue weighted by Crippen LogP contribution is -2.19. The number of nitrogens with zero attached hydrogens (tertiary/aromatic N) is 3. The smallest absolute Gasteiger partial charge is 0.227 e. The van der Waals surface area contributed by atoms with Gasteiger partial charge in [-0.2, -0.15) is 0 Å². The number of para-hydroxylation sites is 2. The average Bonchev–Trinajstić information content (AvgIpc) is 3.55. The van der Waals surface area contributed by atoms with Gasteiger partial charge in [-0.15, -0.1) is 0 Å². The van der Waals surface area contributed by atoms with Gasteiger partial charge in [-0.1, -0.05) is 94.4 Å². The molecule has 3 heterocycles. The molecule has 0 amide bonds. The molecule has 0 saturated heterocycles. The normalized spacial score (nSPS) is 12.3. The highest BCUT2D eigenvalue weighted by atomic mass is 16.3. The number of aryl methyl sites for hydroxylation is 1.